The van der Waals surface area contributed by atoms with Crippen LogP contribution in [-0.2, 0) is 9.84 Å². The van der Waals surface area contributed by atoms with E-state index in [0.717, 1.165) is 6.26 Å². The van der Waals surface area contributed by atoms with Crippen molar-refractivity contribution in [1.82, 2.24) is 9.55 Å². The number of aromatic nitrogens is 2. The zero-order chi connectivity index (χ0) is 19.6. The van der Waals surface area contributed by atoms with E-state index >= 15 is 0 Å². The number of fused-ring (bicyclic) bond motifs is 1. The predicted octanol–water partition coefficient (Wildman–Crippen LogP) is 2.37. The van der Waals surface area contributed by atoms with Gasteiger partial charge in [-0.05, 0) is 36.8 Å². The predicted molar refractivity (Wildman–Crippen MR) is 105 cm³/mol. The van der Waals surface area contributed by atoms with E-state index in [-0.39, 0.29) is 11.4 Å². The van der Waals surface area contributed by atoms with Gasteiger partial charge in [-0.3, -0.25) is 4.57 Å². The highest BCUT2D eigenvalue weighted by Gasteiger charge is 2.24. The molecule has 0 amide bonds. The summed E-state index contributed by atoms with van der Waals surface area (Å²) in [4.78, 5) is 15.4. The highest BCUT2D eigenvalue weighted by Crippen LogP contribution is 2.32. The third kappa shape index (κ3) is 4.00. The molecular formula is C19H22N2O5S. The fourth-order valence-electron chi connectivity index (χ4n) is 3.16. The van der Waals surface area contributed by atoms with Crippen LogP contribution in [0.2, 0.25) is 0 Å². The van der Waals surface area contributed by atoms with E-state index in [1.807, 2.05) is 19.1 Å². The first-order valence-corrected chi connectivity index (χ1v) is 10.6. The quantitative estimate of drug-likeness (QED) is 0.669. The molecule has 1 aromatic heterocycles. The molecule has 7 nitrogen and oxygen atoms in total. The van der Waals surface area contributed by atoms with Gasteiger partial charge in [0.1, 0.15) is 9.84 Å². The van der Waals surface area contributed by atoms with Crippen LogP contribution < -0.4 is 15.2 Å². The van der Waals surface area contributed by atoms with Gasteiger partial charge in [0.25, 0.3) is 0 Å². The number of rotatable bonds is 7. The molecular weight excluding hydrogens is 368 g/mol. The standard InChI is InChI=1S/C19H22N2O5S/c1-4-26-18-11-13(9-10-17(18)25-2)16(12-27(3,23)24)21-15-8-6-5-7-14(15)20-19(21)22/h5-11,16H,4,12H2,1-3H3,(H,20,22)/t16-/m0/s1. The largest absolute Gasteiger partial charge is 0.493 e. The summed E-state index contributed by atoms with van der Waals surface area (Å²) in [6.45, 7) is 2.29. The van der Waals surface area contributed by atoms with E-state index in [2.05, 4.69) is 4.98 Å². The van der Waals surface area contributed by atoms with E-state index in [0.29, 0.717) is 34.7 Å². The van der Waals surface area contributed by atoms with Crippen LogP contribution >= 0.6 is 0 Å². The first kappa shape index (κ1) is 19.0. The van der Waals surface area contributed by atoms with Crippen molar-refractivity contribution in [1.29, 1.82) is 0 Å². The van der Waals surface area contributed by atoms with Crippen molar-refractivity contribution in [3.63, 3.8) is 0 Å². The van der Waals surface area contributed by atoms with E-state index in [1.165, 1.54) is 11.7 Å². The molecule has 0 spiro atoms. The summed E-state index contributed by atoms with van der Waals surface area (Å²) in [7, 11) is -1.83. The number of aromatic amines is 1. The number of hydrogen-bond donors (Lipinski definition) is 1. The summed E-state index contributed by atoms with van der Waals surface area (Å²) in [6.07, 6.45) is 1.16. The summed E-state index contributed by atoms with van der Waals surface area (Å²) in [6, 6.07) is 11.7. The van der Waals surface area contributed by atoms with Gasteiger partial charge in [-0.25, -0.2) is 13.2 Å². The Hall–Kier alpha value is -2.74. The van der Waals surface area contributed by atoms with Crippen molar-refractivity contribution in [2.45, 2.75) is 13.0 Å². The van der Waals surface area contributed by atoms with Crippen molar-refractivity contribution in [2.75, 3.05) is 25.7 Å². The second kappa shape index (κ2) is 7.48. The van der Waals surface area contributed by atoms with Crippen molar-refractivity contribution < 1.29 is 17.9 Å². The topological polar surface area (TPSA) is 90.4 Å². The van der Waals surface area contributed by atoms with Crippen LogP contribution in [0.15, 0.2) is 47.3 Å². The minimum absolute atomic E-state index is 0.216. The molecule has 0 saturated carbocycles. The highest BCUT2D eigenvalue weighted by molar-refractivity contribution is 7.90. The van der Waals surface area contributed by atoms with Crippen LogP contribution in [-0.4, -0.2) is 43.7 Å². The molecule has 1 atom stereocenters. The van der Waals surface area contributed by atoms with Gasteiger partial charge in [-0.2, -0.15) is 0 Å². The lowest BCUT2D eigenvalue weighted by molar-refractivity contribution is 0.310. The number of hydrogen-bond acceptors (Lipinski definition) is 5. The van der Waals surface area contributed by atoms with E-state index in [9.17, 15) is 13.2 Å². The molecule has 0 aliphatic rings. The molecule has 0 radical (unpaired) electrons. The Labute approximate surface area is 157 Å². The minimum atomic E-state index is -3.37. The molecule has 0 aliphatic heterocycles. The number of benzene rings is 2. The third-order valence-electron chi connectivity index (χ3n) is 4.27. The number of nitrogens with one attached hydrogen (secondary N) is 1. The number of methoxy groups -OCH3 is 1. The van der Waals surface area contributed by atoms with Crippen LogP contribution in [0.1, 0.15) is 18.5 Å². The number of ether oxygens (including phenoxy) is 2. The zero-order valence-corrected chi connectivity index (χ0v) is 16.2. The normalized spacial score (nSPS) is 12.9. The maximum Gasteiger partial charge on any atom is 0.327 e. The molecule has 3 aromatic rings. The molecule has 3 rings (SSSR count). The molecule has 2 aromatic carbocycles. The maximum atomic E-state index is 12.6. The van der Waals surface area contributed by atoms with Crippen molar-refractivity contribution >= 4 is 20.9 Å². The monoisotopic (exact) mass is 390 g/mol. The molecule has 0 fully saturated rings. The number of imidazole rings is 1. The van der Waals surface area contributed by atoms with E-state index in [4.69, 9.17) is 9.47 Å². The molecule has 1 N–H and O–H groups in total. The van der Waals surface area contributed by atoms with Gasteiger partial charge in [-0.15, -0.1) is 0 Å². The Bertz CT molecular complexity index is 1110. The fraction of sp³-hybridized carbons (Fsp3) is 0.316. The maximum absolute atomic E-state index is 12.6. The Morgan fingerprint density at radius 1 is 1.15 bits per heavy atom. The number of nitrogens with zero attached hydrogens (tertiary/aromatic N) is 1. The van der Waals surface area contributed by atoms with Crippen molar-refractivity contribution in [3.8, 4) is 11.5 Å². The molecule has 27 heavy (non-hydrogen) atoms. The Balaban J connectivity index is 2.22. The Morgan fingerprint density at radius 3 is 2.56 bits per heavy atom. The first-order chi connectivity index (χ1) is 12.8. The SMILES string of the molecule is CCOc1cc([C@H](CS(C)(=O)=O)n2c(=O)[nH]c3ccccc32)ccc1OC. The summed E-state index contributed by atoms with van der Waals surface area (Å²) in [5, 5.41) is 0. The Kier molecular flexibility index (Phi) is 5.27. The number of para-hydroxylation sites is 2. The van der Waals surface area contributed by atoms with Crippen LogP contribution in [0.3, 0.4) is 0 Å². The minimum Gasteiger partial charge on any atom is -0.493 e. The van der Waals surface area contributed by atoms with Gasteiger partial charge in [0.15, 0.2) is 11.5 Å². The second-order valence-electron chi connectivity index (χ2n) is 6.27. The molecule has 0 saturated heterocycles. The van der Waals surface area contributed by atoms with Gasteiger partial charge >= 0.3 is 5.69 Å². The molecule has 144 valence electrons. The molecule has 1 heterocycles. The van der Waals surface area contributed by atoms with E-state index in [1.54, 1.807) is 30.3 Å². The molecule has 0 aliphatic carbocycles. The number of H-pyrrole nitrogens is 1. The smallest absolute Gasteiger partial charge is 0.327 e. The van der Waals surface area contributed by atoms with Crippen LogP contribution in [0, 0.1) is 0 Å². The lowest BCUT2D eigenvalue weighted by atomic mass is 10.1. The summed E-state index contributed by atoms with van der Waals surface area (Å²) in [5.74, 6) is 0.834. The lowest BCUT2D eigenvalue weighted by Gasteiger charge is -2.20. The summed E-state index contributed by atoms with van der Waals surface area (Å²) >= 11 is 0. The molecule has 8 heteroatoms. The summed E-state index contributed by atoms with van der Waals surface area (Å²) in [5.41, 5.74) is 1.58. The fourth-order valence-corrected chi connectivity index (χ4v) is 4.07. The highest BCUT2D eigenvalue weighted by atomic mass is 32.2. The van der Waals surface area contributed by atoms with Crippen LogP contribution in [0.4, 0.5) is 0 Å². The lowest BCUT2D eigenvalue weighted by Crippen LogP contribution is -2.28. The van der Waals surface area contributed by atoms with Gasteiger partial charge in [0.05, 0.1) is 36.5 Å². The first-order valence-electron chi connectivity index (χ1n) is 8.51. The van der Waals surface area contributed by atoms with Crippen molar-refractivity contribution in [2.24, 2.45) is 0 Å². The van der Waals surface area contributed by atoms with Crippen molar-refractivity contribution in [3.05, 3.63) is 58.5 Å². The van der Waals surface area contributed by atoms with Crippen LogP contribution in [0.5, 0.6) is 11.5 Å². The molecule has 0 unspecified atom stereocenters. The van der Waals surface area contributed by atoms with Gasteiger partial charge in [0.2, 0.25) is 0 Å². The average Bonchev–Trinajstić information content (AvgIpc) is 2.95. The Morgan fingerprint density at radius 2 is 1.89 bits per heavy atom. The van der Waals surface area contributed by atoms with E-state index < -0.39 is 15.9 Å². The third-order valence-corrected chi connectivity index (χ3v) is 5.19. The molecule has 0 bridgehead atoms. The van der Waals surface area contributed by atoms with Gasteiger partial charge in [0, 0.05) is 6.26 Å². The van der Waals surface area contributed by atoms with Gasteiger partial charge in [-0.1, -0.05) is 18.2 Å². The summed E-state index contributed by atoms with van der Waals surface area (Å²) < 4.78 is 36.6. The number of sulfone groups is 1. The second-order valence-corrected chi connectivity index (χ2v) is 8.45. The average molecular weight is 390 g/mol. The van der Waals surface area contributed by atoms with Gasteiger partial charge < -0.3 is 14.5 Å². The van der Waals surface area contributed by atoms with Crippen LogP contribution in [0.25, 0.3) is 11.0 Å². The zero-order valence-electron chi connectivity index (χ0n) is 15.4.